The van der Waals surface area contributed by atoms with Gasteiger partial charge in [0.15, 0.2) is 5.13 Å². The third-order valence-electron chi connectivity index (χ3n) is 8.60. The van der Waals surface area contributed by atoms with E-state index in [9.17, 15) is 9.59 Å². The molecule has 4 aromatic rings. The highest BCUT2D eigenvalue weighted by Gasteiger charge is 2.43. The van der Waals surface area contributed by atoms with Crippen LogP contribution in [0.3, 0.4) is 0 Å². The number of rotatable bonds is 10. The molecule has 2 amide bonds. The van der Waals surface area contributed by atoms with Gasteiger partial charge in [0, 0.05) is 51.9 Å². The summed E-state index contributed by atoms with van der Waals surface area (Å²) in [6.45, 7) is 9.60. The first kappa shape index (κ1) is 33.8. The number of halogens is 1. The van der Waals surface area contributed by atoms with Gasteiger partial charge in [-0.15, -0.1) is 11.3 Å². The number of aromatic nitrogens is 2. The minimum Gasteiger partial charge on any atom is -0.494 e. The standard InChI is InChI=1S/C35H41ClN6O5S/c1-35(2,3)17-27(39-34-40-28(20-48-34)21-5-8-23(9-6-21)41-11-13-46-14-12-41)33(44)42-19-24(16-29(42)31(37)43)47-32-26-15-22(36)7-10-25(26)30(45-4)18-38-32/h5-10,15,18,20,24,27,29H,11-14,16-17,19H2,1-4H3,(H2,37,43)(H,39,40)/t24-,27+,29+/m1/s1. The summed E-state index contributed by atoms with van der Waals surface area (Å²) in [5.74, 6) is 0.103. The lowest BCUT2D eigenvalue weighted by Crippen LogP contribution is -2.50. The van der Waals surface area contributed by atoms with Gasteiger partial charge in [0.05, 0.1) is 38.8 Å². The van der Waals surface area contributed by atoms with Crippen molar-refractivity contribution in [3.05, 3.63) is 59.1 Å². The fourth-order valence-electron chi connectivity index (χ4n) is 6.27. The maximum atomic E-state index is 14.3. The lowest BCUT2D eigenvalue weighted by molar-refractivity contribution is -0.138. The van der Waals surface area contributed by atoms with Crippen LogP contribution in [0.1, 0.15) is 33.6 Å². The molecule has 0 aliphatic carbocycles. The van der Waals surface area contributed by atoms with E-state index in [1.54, 1.807) is 25.4 Å². The number of primary amides is 1. The molecule has 3 N–H and O–H groups in total. The number of thiazole rings is 1. The molecule has 0 bridgehead atoms. The first-order valence-corrected chi connectivity index (χ1v) is 17.3. The van der Waals surface area contributed by atoms with Crippen LogP contribution in [0.4, 0.5) is 10.8 Å². The number of ether oxygens (including phenoxy) is 3. The van der Waals surface area contributed by atoms with Crippen LogP contribution in [0.15, 0.2) is 54.0 Å². The molecule has 2 aromatic carbocycles. The molecule has 0 saturated carbocycles. The molecule has 2 aliphatic heterocycles. The Morgan fingerprint density at radius 2 is 1.90 bits per heavy atom. The lowest BCUT2D eigenvalue weighted by atomic mass is 9.87. The minimum absolute atomic E-state index is 0.170. The Balaban J connectivity index is 1.19. The summed E-state index contributed by atoms with van der Waals surface area (Å²) in [6.07, 6.45) is 1.81. The number of nitrogens with zero attached hydrogens (tertiary/aromatic N) is 4. The molecule has 0 spiro atoms. The molecular weight excluding hydrogens is 652 g/mol. The monoisotopic (exact) mass is 692 g/mol. The second kappa shape index (κ2) is 14.2. The Morgan fingerprint density at radius 1 is 1.15 bits per heavy atom. The summed E-state index contributed by atoms with van der Waals surface area (Å²) in [4.78, 5) is 40.1. The van der Waals surface area contributed by atoms with E-state index in [-0.39, 0.29) is 24.3 Å². The zero-order chi connectivity index (χ0) is 34.0. The van der Waals surface area contributed by atoms with Crippen LogP contribution >= 0.6 is 22.9 Å². The summed E-state index contributed by atoms with van der Waals surface area (Å²) in [6, 6.07) is 12.2. The molecule has 13 heteroatoms. The fraction of sp³-hybridized carbons (Fsp3) is 0.429. The summed E-state index contributed by atoms with van der Waals surface area (Å²) < 4.78 is 17.3. The van der Waals surface area contributed by atoms with E-state index in [4.69, 9.17) is 36.5 Å². The van der Waals surface area contributed by atoms with Gasteiger partial charge in [-0.1, -0.05) is 44.5 Å². The number of benzene rings is 2. The van der Waals surface area contributed by atoms with Gasteiger partial charge in [0.25, 0.3) is 0 Å². The van der Waals surface area contributed by atoms with Crippen molar-refractivity contribution in [2.75, 3.05) is 50.2 Å². The van der Waals surface area contributed by atoms with Crippen LogP contribution in [0.5, 0.6) is 11.6 Å². The Kier molecular flexibility index (Phi) is 9.95. The minimum atomic E-state index is -0.836. The van der Waals surface area contributed by atoms with Crippen LogP contribution in [-0.4, -0.2) is 84.8 Å². The predicted molar refractivity (Wildman–Crippen MR) is 189 cm³/mol. The van der Waals surface area contributed by atoms with Crippen LogP contribution in [0.25, 0.3) is 22.0 Å². The van der Waals surface area contributed by atoms with Gasteiger partial charge >= 0.3 is 0 Å². The van der Waals surface area contributed by atoms with Crippen molar-refractivity contribution in [1.29, 1.82) is 0 Å². The molecule has 4 heterocycles. The highest BCUT2D eigenvalue weighted by Crippen LogP contribution is 2.36. The number of carbonyl (C=O) groups is 2. The predicted octanol–water partition coefficient (Wildman–Crippen LogP) is 5.61. The van der Waals surface area contributed by atoms with E-state index in [1.165, 1.54) is 16.2 Å². The molecule has 2 fully saturated rings. The Labute approximate surface area is 289 Å². The molecule has 0 radical (unpaired) electrons. The average Bonchev–Trinajstić information content (AvgIpc) is 3.72. The van der Waals surface area contributed by atoms with Crippen molar-refractivity contribution >= 4 is 56.3 Å². The topological polar surface area (TPSA) is 132 Å². The normalized spacial score (nSPS) is 18.9. The summed E-state index contributed by atoms with van der Waals surface area (Å²) >= 11 is 7.74. The molecule has 2 saturated heterocycles. The Morgan fingerprint density at radius 3 is 2.58 bits per heavy atom. The zero-order valence-corrected chi connectivity index (χ0v) is 29.1. The summed E-state index contributed by atoms with van der Waals surface area (Å²) in [5.41, 5.74) is 8.62. The number of methoxy groups -OCH3 is 1. The van der Waals surface area contributed by atoms with E-state index in [0.717, 1.165) is 48.6 Å². The number of fused-ring (bicyclic) bond motifs is 1. The van der Waals surface area contributed by atoms with Crippen LogP contribution in [0, 0.1) is 5.41 Å². The van der Waals surface area contributed by atoms with E-state index >= 15 is 0 Å². The van der Waals surface area contributed by atoms with Crippen LogP contribution < -0.4 is 25.4 Å². The highest BCUT2D eigenvalue weighted by molar-refractivity contribution is 7.14. The number of anilines is 2. The van der Waals surface area contributed by atoms with Gasteiger partial charge in [-0.3, -0.25) is 9.59 Å². The number of likely N-dealkylation sites (tertiary alicyclic amines) is 1. The largest absolute Gasteiger partial charge is 0.494 e. The van der Waals surface area contributed by atoms with Crippen molar-refractivity contribution in [3.8, 4) is 22.9 Å². The van der Waals surface area contributed by atoms with Crippen molar-refractivity contribution < 1.29 is 23.8 Å². The molecular formula is C35H41ClN6O5S. The number of hydrogen-bond donors (Lipinski definition) is 2. The van der Waals surface area contributed by atoms with Crippen LogP contribution in [-0.2, 0) is 14.3 Å². The van der Waals surface area contributed by atoms with Crippen molar-refractivity contribution in [2.24, 2.45) is 11.1 Å². The zero-order valence-electron chi connectivity index (χ0n) is 27.6. The number of pyridine rings is 1. The second-order valence-electron chi connectivity index (χ2n) is 13.4. The SMILES string of the molecule is COc1cnc(O[C@@H]2C[C@@H](C(N)=O)N(C(=O)[C@H](CC(C)(C)C)Nc3nc(-c4ccc(N5CCOCC5)cc4)cs3)C2)c2cc(Cl)ccc12. The van der Waals surface area contributed by atoms with Gasteiger partial charge in [0.1, 0.15) is 23.9 Å². The third-order valence-corrected chi connectivity index (χ3v) is 9.61. The quantitative estimate of drug-likeness (QED) is 0.218. The molecule has 48 heavy (non-hydrogen) atoms. The maximum absolute atomic E-state index is 14.3. The summed E-state index contributed by atoms with van der Waals surface area (Å²) in [5, 5.41) is 7.98. The van der Waals surface area contributed by atoms with Crippen LogP contribution in [0.2, 0.25) is 5.02 Å². The van der Waals surface area contributed by atoms with E-state index in [0.29, 0.717) is 33.6 Å². The first-order chi connectivity index (χ1) is 23.0. The van der Waals surface area contributed by atoms with Gasteiger partial charge < -0.3 is 35.1 Å². The van der Waals surface area contributed by atoms with Crippen molar-refractivity contribution in [3.63, 3.8) is 0 Å². The molecule has 11 nitrogen and oxygen atoms in total. The number of amides is 2. The fourth-order valence-corrected chi connectivity index (χ4v) is 7.22. The van der Waals surface area contributed by atoms with Gasteiger partial charge in [0.2, 0.25) is 17.7 Å². The molecule has 2 aromatic heterocycles. The third kappa shape index (κ3) is 7.61. The Hall–Kier alpha value is -4.13. The molecule has 2 aliphatic rings. The molecule has 254 valence electrons. The number of hydrogen-bond acceptors (Lipinski definition) is 10. The number of morpholine rings is 1. The number of carbonyl (C=O) groups excluding carboxylic acids is 2. The first-order valence-electron chi connectivity index (χ1n) is 16.0. The maximum Gasteiger partial charge on any atom is 0.245 e. The van der Waals surface area contributed by atoms with E-state index < -0.39 is 24.1 Å². The smallest absolute Gasteiger partial charge is 0.245 e. The molecule has 3 atom stereocenters. The average molecular weight is 693 g/mol. The summed E-state index contributed by atoms with van der Waals surface area (Å²) in [7, 11) is 1.57. The van der Waals surface area contributed by atoms with E-state index in [1.807, 2.05) is 11.4 Å². The molecule has 0 unspecified atom stereocenters. The lowest BCUT2D eigenvalue weighted by Gasteiger charge is -2.31. The van der Waals surface area contributed by atoms with Crippen molar-refractivity contribution in [2.45, 2.75) is 51.8 Å². The van der Waals surface area contributed by atoms with E-state index in [2.05, 4.69) is 60.2 Å². The highest BCUT2D eigenvalue weighted by atomic mass is 35.5. The van der Waals surface area contributed by atoms with Crippen molar-refractivity contribution in [1.82, 2.24) is 14.9 Å². The van der Waals surface area contributed by atoms with Gasteiger partial charge in [-0.2, -0.15) is 0 Å². The molecule has 6 rings (SSSR count). The second-order valence-corrected chi connectivity index (χ2v) is 14.6. The van der Waals surface area contributed by atoms with Gasteiger partial charge in [-0.05, 0) is 42.2 Å². The number of nitrogens with one attached hydrogen (secondary N) is 1. The Bertz CT molecular complexity index is 1770. The van der Waals surface area contributed by atoms with Gasteiger partial charge in [-0.25, -0.2) is 9.97 Å². The number of nitrogens with two attached hydrogens (primary N) is 1.